The highest BCUT2D eigenvalue weighted by molar-refractivity contribution is 7.89. The monoisotopic (exact) mass is 257 g/mol. The van der Waals surface area contributed by atoms with E-state index in [1.807, 2.05) is 6.92 Å². The second-order valence-corrected chi connectivity index (χ2v) is 5.39. The van der Waals surface area contributed by atoms with Crippen LogP contribution in [0.25, 0.3) is 0 Å². The van der Waals surface area contributed by atoms with Gasteiger partial charge in [-0.3, -0.25) is 0 Å². The SMILES string of the molecule is Cc1ccc(S(=O)(=O)NC(C)/C(N)=N/O)cc1. The molecule has 1 unspecified atom stereocenters. The van der Waals surface area contributed by atoms with E-state index in [9.17, 15) is 8.42 Å². The molecule has 94 valence electrons. The molecule has 0 bridgehead atoms. The van der Waals surface area contributed by atoms with Gasteiger partial charge in [-0.05, 0) is 26.0 Å². The van der Waals surface area contributed by atoms with Crippen molar-refractivity contribution in [3.63, 3.8) is 0 Å². The zero-order valence-electron chi connectivity index (χ0n) is 9.58. The molecule has 7 heteroatoms. The predicted octanol–water partition coefficient (Wildman–Crippen LogP) is 0.408. The Hall–Kier alpha value is -1.60. The van der Waals surface area contributed by atoms with Gasteiger partial charge in [-0.1, -0.05) is 22.9 Å². The minimum absolute atomic E-state index is 0.140. The summed E-state index contributed by atoms with van der Waals surface area (Å²) < 4.78 is 26.0. The average Bonchev–Trinajstić information content (AvgIpc) is 2.27. The first kappa shape index (κ1) is 13.5. The van der Waals surface area contributed by atoms with Gasteiger partial charge in [0.1, 0.15) is 0 Å². The van der Waals surface area contributed by atoms with Gasteiger partial charge in [0, 0.05) is 0 Å². The molecule has 17 heavy (non-hydrogen) atoms. The molecule has 6 nitrogen and oxygen atoms in total. The number of nitrogens with zero attached hydrogens (tertiary/aromatic N) is 1. The molecule has 1 aromatic rings. The summed E-state index contributed by atoms with van der Waals surface area (Å²) in [5, 5.41) is 11.2. The molecule has 0 saturated heterocycles. The largest absolute Gasteiger partial charge is 0.409 e. The Balaban J connectivity index is 2.93. The zero-order valence-corrected chi connectivity index (χ0v) is 10.4. The van der Waals surface area contributed by atoms with Gasteiger partial charge in [0.05, 0.1) is 10.9 Å². The van der Waals surface area contributed by atoms with Gasteiger partial charge < -0.3 is 10.9 Å². The first-order valence-electron chi connectivity index (χ1n) is 4.93. The summed E-state index contributed by atoms with van der Waals surface area (Å²) in [6, 6.07) is 5.62. The molecular weight excluding hydrogens is 242 g/mol. The van der Waals surface area contributed by atoms with Crippen molar-refractivity contribution in [3.8, 4) is 0 Å². The van der Waals surface area contributed by atoms with Crippen LogP contribution >= 0.6 is 0 Å². The van der Waals surface area contributed by atoms with Crippen molar-refractivity contribution < 1.29 is 13.6 Å². The molecule has 4 N–H and O–H groups in total. The molecule has 0 aromatic heterocycles. The van der Waals surface area contributed by atoms with Gasteiger partial charge in [0.2, 0.25) is 10.0 Å². The maximum Gasteiger partial charge on any atom is 0.241 e. The third kappa shape index (κ3) is 3.43. The zero-order chi connectivity index (χ0) is 13.1. The van der Waals surface area contributed by atoms with E-state index in [-0.39, 0.29) is 10.7 Å². The van der Waals surface area contributed by atoms with Crippen LogP contribution in [0.4, 0.5) is 0 Å². The van der Waals surface area contributed by atoms with Crippen LogP contribution in [0, 0.1) is 6.92 Å². The molecule has 1 rings (SSSR count). The molecule has 0 aliphatic rings. The van der Waals surface area contributed by atoms with Gasteiger partial charge in [-0.2, -0.15) is 0 Å². The van der Waals surface area contributed by atoms with Crippen LogP contribution in [0.1, 0.15) is 12.5 Å². The predicted molar refractivity (Wildman–Crippen MR) is 64.4 cm³/mol. The summed E-state index contributed by atoms with van der Waals surface area (Å²) in [5.41, 5.74) is 6.27. The number of amidine groups is 1. The van der Waals surface area contributed by atoms with E-state index in [0.717, 1.165) is 5.56 Å². The fourth-order valence-corrected chi connectivity index (χ4v) is 2.38. The third-order valence-electron chi connectivity index (χ3n) is 2.22. The van der Waals surface area contributed by atoms with Crippen LogP contribution in [-0.4, -0.2) is 25.5 Å². The standard InChI is InChI=1S/C10H15N3O3S/c1-7-3-5-9(6-4-7)17(15,16)13-8(2)10(11)12-14/h3-6,8,13-14H,1-2H3,(H2,11,12). The summed E-state index contributed by atoms with van der Waals surface area (Å²) in [6.07, 6.45) is 0. The van der Waals surface area contributed by atoms with E-state index in [1.165, 1.54) is 19.1 Å². The molecule has 0 radical (unpaired) electrons. The topological polar surface area (TPSA) is 105 Å². The van der Waals surface area contributed by atoms with Crippen molar-refractivity contribution in [1.29, 1.82) is 0 Å². The number of nitrogens with two attached hydrogens (primary N) is 1. The Kier molecular flexibility index (Phi) is 4.08. The van der Waals surface area contributed by atoms with Crippen molar-refractivity contribution >= 4 is 15.9 Å². The van der Waals surface area contributed by atoms with E-state index in [0.29, 0.717) is 0 Å². The van der Waals surface area contributed by atoms with E-state index in [2.05, 4.69) is 9.88 Å². The second-order valence-electron chi connectivity index (χ2n) is 3.68. The van der Waals surface area contributed by atoms with Gasteiger partial charge in [-0.25, -0.2) is 13.1 Å². The molecule has 0 fully saturated rings. The minimum Gasteiger partial charge on any atom is -0.409 e. The van der Waals surface area contributed by atoms with E-state index in [1.54, 1.807) is 12.1 Å². The van der Waals surface area contributed by atoms with Crippen molar-refractivity contribution in [1.82, 2.24) is 4.72 Å². The number of aryl methyl sites for hydroxylation is 1. The van der Waals surface area contributed by atoms with Gasteiger partial charge >= 0.3 is 0 Å². The fourth-order valence-electron chi connectivity index (χ4n) is 1.17. The highest BCUT2D eigenvalue weighted by Gasteiger charge is 2.19. The number of nitrogens with one attached hydrogen (secondary N) is 1. The molecule has 0 spiro atoms. The number of hydrogen-bond donors (Lipinski definition) is 3. The highest BCUT2D eigenvalue weighted by atomic mass is 32.2. The van der Waals surface area contributed by atoms with E-state index < -0.39 is 16.1 Å². The Labute approximate surface area is 100 Å². The lowest BCUT2D eigenvalue weighted by molar-refractivity contribution is 0.316. The van der Waals surface area contributed by atoms with Gasteiger partial charge in [0.15, 0.2) is 5.84 Å². The number of benzene rings is 1. The van der Waals surface area contributed by atoms with Crippen LogP contribution < -0.4 is 10.5 Å². The number of hydrogen-bond acceptors (Lipinski definition) is 4. The van der Waals surface area contributed by atoms with Crippen LogP contribution in [0.5, 0.6) is 0 Å². The van der Waals surface area contributed by atoms with E-state index in [4.69, 9.17) is 10.9 Å². The molecule has 1 atom stereocenters. The smallest absolute Gasteiger partial charge is 0.241 e. The number of sulfonamides is 1. The maximum absolute atomic E-state index is 11.9. The van der Waals surface area contributed by atoms with Crippen LogP contribution in [0.15, 0.2) is 34.3 Å². The normalized spacial score (nSPS) is 14.6. The van der Waals surface area contributed by atoms with Crippen molar-refractivity contribution in [2.45, 2.75) is 24.8 Å². The lowest BCUT2D eigenvalue weighted by atomic mass is 10.2. The van der Waals surface area contributed by atoms with Crippen LogP contribution in [0.2, 0.25) is 0 Å². The Morgan fingerprint density at radius 1 is 1.41 bits per heavy atom. The first-order valence-corrected chi connectivity index (χ1v) is 6.41. The molecule has 1 aromatic carbocycles. The molecular formula is C10H15N3O3S. The fraction of sp³-hybridized carbons (Fsp3) is 0.300. The van der Waals surface area contributed by atoms with E-state index >= 15 is 0 Å². The molecule has 0 aliphatic carbocycles. The Morgan fingerprint density at radius 3 is 2.41 bits per heavy atom. The second kappa shape index (κ2) is 5.15. The summed E-state index contributed by atoms with van der Waals surface area (Å²) >= 11 is 0. The molecule has 0 saturated carbocycles. The minimum atomic E-state index is -3.65. The average molecular weight is 257 g/mol. The Bertz CT molecular complexity index is 508. The van der Waals surface area contributed by atoms with Crippen LogP contribution in [0.3, 0.4) is 0 Å². The summed E-state index contributed by atoms with van der Waals surface area (Å²) in [4.78, 5) is 0.140. The van der Waals surface area contributed by atoms with Gasteiger partial charge in [0.25, 0.3) is 0 Å². The van der Waals surface area contributed by atoms with Crippen molar-refractivity contribution in [2.24, 2.45) is 10.9 Å². The molecule has 0 amide bonds. The molecule has 0 heterocycles. The number of oxime groups is 1. The highest BCUT2D eigenvalue weighted by Crippen LogP contribution is 2.10. The van der Waals surface area contributed by atoms with Crippen molar-refractivity contribution in [2.75, 3.05) is 0 Å². The van der Waals surface area contributed by atoms with Gasteiger partial charge in [-0.15, -0.1) is 0 Å². The lowest BCUT2D eigenvalue weighted by Crippen LogP contribution is -2.42. The van der Waals surface area contributed by atoms with Crippen LogP contribution in [-0.2, 0) is 10.0 Å². The quantitative estimate of drug-likeness (QED) is 0.314. The Morgan fingerprint density at radius 2 is 1.94 bits per heavy atom. The molecule has 0 aliphatic heterocycles. The number of rotatable bonds is 4. The first-order chi connectivity index (χ1) is 7.86. The van der Waals surface area contributed by atoms with Crippen molar-refractivity contribution in [3.05, 3.63) is 29.8 Å². The lowest BCUT2D eigenvalue weighted by Gasteiger charge is -2.12. The third-order valence-corrected chi connectivity index (χ3v) is 3.78. The summed E-state index contributed by atoms with van der Waals surface area (Å²) in [7, 11) is -3.65. The summed E-state index contributed by atoms with van der Waals surface area (Å²) in [5.74, 6) is -0.194. The summed E-state index contributed by atoms with van der Waals surface area (Å²) in [6.45, 7) is 3.35. The maximum atomic E-state index is 11.9.